The number of hydrogen-bond acceptors (Lipinski definition) is 5. The number of aromatic amines is 1. The van der Waals surface area contributed by atoms with Crippen molar-refractivity contribution in [3.8, 4) is 5.75 Å². The predicted molar refractivity (Wildman–Crippen MR) is 164 cm³/mol. The monoisotopic (exact) mass is 576 g/mol. The van der Waals surface area contributed by atoms with Crippen LogP contribution < -0.4 is 16.2 Å². The third-order valence-corrected chi connectivity index (χ3v) is 7.08. The fraction of sp³-hybridized carbons (Fsp3) is 0.176. The van der Waals surface area contributed by atoms with Crippen LogP contribution in [0.5, 0.6) is 5.75 Å². The van der Waals surface area contributed by atoms with E-state index >= 15 is 0 Å². The zero-order valence-corrected chi connectivity index (χ0v) is 23.6. The van der Waals surface area contributed by atoms with Crippen LogP contribution in [0.4, 0.5) is 0 Å². The first kappa shape index (κ1) is 29.1. The molecule has 0 saturated carbocycles. The molecule has 1 aromatic heterocycles. The molecule has 2 amide bonds. The van der Waals surface area contributed by atoms with Gasteiger partial charge >= 0.3 is 5.69 Å². The second-order valence-electron chi connectivity index (χ2n) is 10.2. The Morgan fingerprint density at radius 2 is 1.49 bits per heavy atom. The number of imidazole rings is 1. The van der Waals surface area contributed by atoms with Crippen LogP contribution in [0.25, 0.3) is 11.0 Å². The van der Waals surface area contributed by atoms with Crippen LogP contribution in [0.15, 0.2) is 108 Å². The summed E-state index contributed by atoms with van der Waals surface area (Å²) in [4.78, 5) is 56.5. The van der Waals surface area contributed by atoms with Crippen LogP contribution in [0.1, 0.15) is 33.5 Å². The fourth-order valence-electron chi connectivity index (χ4n) is 5.06. The second-order valence-corrected chi connectivity index (χ2v) is 10.2. The number of nitrogens with two attached hydrogens (primary N) is 1. The van der Waals surface area contributed by atoms with E-state index in [0.29, 0.717) is 47.3 Å². The summed E-state index contributed by atoms with van der Waals surface area (Å²) in [7, 11) is 0. The Kier molecular flexibility index (Phi) is 9.11. The number of carbonyl (C=O) groups is 3. The number of benzene rings is 4. The number of hydrogen-bond donors (Lipinski definition) is 2. The predicted octanol–water partition coefficient (Wildman–Crippen LogP) is 4.09. The summed E-state index contributed by atoms with van der Waals surface area (Å²) in [6, 6.07) is 30.8. The van der Waals surface area contributed by atoms with Crippen molar-refractivity contribution in [3.05, 3.63) is 136 Å². The molecule has 0 aliphatic rings. The van der Waals surface area contributed by atoms with Gasteiger partial charge in [0.15, 0.2) is 5.78 Å². The zero-order valence-electron chi connectivity index (χ0n) is 23.6. The molecule has 0 radical (unpaired) electrons. The van der Waals surface area contributed by atoms with E-state index in [1.807, 2.05) is 66.7 Å². The highest BCUT2D eigenvalue weighted by Gasteiger charge is 2.23. The zero-order chi connectivity index (χ0) is 30.2. The standard InChI is InChI=1S/C34H32N4O5/c35-29(39)23-37(22-24-11-4-1-5-12-24)30(40)21-26-17-18-28(33(41)25-13-6-2-7-14-25)31-32(26)38(34(42)36-31)19-10-20-43-27-15-8-3-9-16-27/h1-9,11-18H,10,19-23H2,(H2,35,39)(H,36,42). The lowest BCUT2D eigenvalue weighted by atomic mass is 9.98. The van der Waals surface area contributed by atoms with E-state index in [1.165, 1.54) is 4.90 Å². The maximum Gasteiger partial charge on any atom is 0.326 e. The lowest BCUT2D eigenvalue weighted by Gasteiger charge is -2.22. The SMILES string of the molecule is NC(=O)CN(Cc1ccccc1)C(=O)Cc1ccc(C(=O)c2ccccc2)c2[nH]c(=O)n(CCCOc3ccccc3)c12. The highest BCUT2D eigenvalue weighted by Crippen LogP contribution is 2.25. The highest BCUT2D eigenvalue weighted by atomic mass is 16.5. The van der Waals surface area contributed by atoms with E-state index < -0.39 is 11.6 Å². The summed E-state index contributed by atoms with van der Waals surface area (Å²) < 4.78 is 7.36. The molecule has 0 unspecified atom stereocenters. The number of aromatic nitrogens is 2. The molecule has 0 aliphatic carbocycles. The van der Waals surface area contributed by atoms with Crippen molar-refractivity contribution in [3.63, 3.8) is 0 Å². The quantitative estimate of drug-likeness (QED) is 0.161. The molecule has 0 atom stereocenters. The molecule has 9 nitrogen and oxygen atoms in total. The number of fused-ring (bicyclic) bond motifs is 1. The Morgan fingerprint density at radius 3 is 2.16 bits per heavy atom. The fourth-order valence-corrected chi connectivity index (χ4v) is 5.06. The molecule has 5 aromatic rings. The minimum Gasteiger partial charge on any atom is -0.494 e. The molecular weight excluding hydrogens is 544 g/mol. The summed E-state index contributed by atoms with van der Waals surface area (Å²) in [6.45, 7) is 0.611. The maximum atomic E-state index is 13.6. The van der Waals surface area contributed by atoms with Gasteiger partial charge in [0.1, 0.15) is 5.75 Å². The molecule has 0 aliphatic heterocycles. The van der Waals surface area contributed by atoms with Gasteiger partial charge in [-0.2, -0.15) is 0 Å². The summed E-state index contributed by atoms with van der Waals surface area (Å²) in [5.41, 5.74) is 8.12. The van der Waals surface area contributed by atoms with E-state index in [-0.39, 0.29) is 31.2 Å². The summed E-state index contributed by atoms with van der Waals surface area (Å²) in [5.74, 6) is -0.485. The van der Waals surface area contributed by atoms with Crippen LogP contribution in [0.2, 0.25) is 0 Å². The van der Waals surface area contributed by atoms with Gasteiger partial charge in [-0.25, -0.2) is 4.79 Å². The molecule has 9 heteroatoms. The van der Waals surface area contributed by atoms with Gasteiger partial charge in [0.25, 0.3) is 0 Å². The summed E-state index contributed by atoms with van der Waals surface area (Å²) in [6.07, 6.45) is 0.405. The van der Waals surface area contributed by atoms with E-state index in [4.69, 9.17) is 10.5 Å². The molecule has 0 bridgehead atoms. The van der Waals surface area contributed by atoms with Gasteiger partial charge in [-0.3, -0.25) is 19.0 Å². The topological polar surface area (TPSA) is 127 Å². The van der Waals surface area contributed by atoms with Crippen LogP contribution >= 0.6 is 0 Å². The van der Waals surface area contributed by atoms with Gasteiger partial charge < -0.3 is 20.4 Å². The first-order chi connectivity index (χ1) is 20.9. The third-order valence-electron chi connectivity index (χ3n) is 7.08. The number of nitrogens with one attached hydrogen (secondary N) is 1. The van der Waals surface area contributed by atoms with Gasteiger partial charge in [-0.05, 0) is 35.7 Å². The Labute approximate surface area is 248 Å². The molecule has 3 N–H and O–H groups in total. The van der Waals surface area contributed by atoms with Gasteiger partial charge in [0.2, 0.25) is 11.8 Å². The molecule has 0 fully saturated rings. The Hall–Kier alpha value is -5.44. The van der Waals surface area contributed by atoms with Crippen molar-refractivity contribution >= 4 is 28.6 Å². The largest absolute Gasteiger partial charge is 0.494 e. The van der Waals surface area contributed by atoms with Crippen LogP contribution in [0.3, 0.4) is 0 Å². The number of para-hydroxylation sites is 1. The van der Waals surface area contributed by atoms with Crippen molar-refractivity contribution in [1.82, 2.24) is 14.5 Å². The number of aryl methyl sites for hydroxylation is 1. The number of amides is 2. The molecule has 0 saturated heterocycles. The van der Waals surface area contributed by atoms with Crippen LogP contribution in [-0.2, 0) is 29.1 Å². The number of carbonyl (C=O) groups excluding carboxylic acids is 3. The van der Waals surface area contributed by atoms with E-state index in [0.717, 1.165) is 11.3 Å². The van der Waals surface area contributed by atoms with E-state index in [9.17, 15) is 19.2 Å². The summed E-state index contributed by atoms with van der Waals surface area (Å²) >= 11 is 0. The van der Waals surface area contributed by atoms with Crippen molar-refractivity contribution in [1.29, 1.82) is 0 Å². The van der Waals surface area contributed by atoms with Crippen molar-refractivity contribution in [2.45, 2.75) is 25.9 Å². The van der Waals surface area contributed by atoms with Crippen LogP contribution in [0, 0.1) is 0 Å². The van der Waals surface area contributed by atoms with Gasteiger partial charge in [-0.1, -0.05) is 84.9 Å². The number of H-pyrrole nitrogens is 1. The molecule has 4 aromatic carbocycles. The molecular formula is C34H32N4O5. The Bertz CT molecular complexity index is 1780. The normalized spacial score (nSPS) is 10.9. The minimum absolute atomic E-state index is 0.103. The average molecular weight is 577 g/mol. The number of primary amides is 1. The number of rotatable bonds is 13. The van der Waals surface area contributed by atoms with Gasteiger partial charge in [0.05, 0.1) is 30.6 Å². The van der Waals surface area contributed by atoms with Crippen molar-refractivity contribution < 1.29 is 19.1 Å². The van der Waals surface area contributed by atoms with E-state index in [2.05, 4.69) is 4.98 Å². The molecule has 218 valence electrons. The minimum atomic E-state index is -0.629. The first-order valence-corrected chi connectivity index (χ1v) is 14.0. The van der Waals surface area contributed by atoms with Gasteiger partial charge in [0, 0.05) is 24.2 Å². The Morgan fingerprint density at radius 1 is 0.837 bits per heavy atom. The van der Waals surface area contributed by atoms with Gasteiger partial charge in [-0.15, -0.1) is 0 Å². The lowest BCUT2D eigenvalue weighted by molar-refractivity contribution is -0.135. The average Bonchev–Trinajstić information content (AvgIpc) is 3.36. The smallest absolute Gasteiger partial charge is 0.326 e. The van der Waals surface area contributed by atoms with Crippen LogP contribution in [-0.4, -0.2) is 45.2 Å². The van der Waals surface area contributed by atoms with Crippen molar-refractivity contribution in [2.75, 3.05) is 13.2 Å². The number of ether oxygens (including phenoxy) is 1. The molecule has 0 spiro atoms. The van der Waals surface area contributed by atoms with E-state index in [1.54, 1.807) is 41.0 Å². The summed E-state index contributed by atoms with van der Waals surface area (Å²) in [5, 5.41) is 0. The maximum absolute atomic E-state index is 13.6. The Balaban J connectivity index is 1.48. The second kappa shape index (κ2) is 13.5. The molecule has 43 heavy (non-hydrogen) atoms. The molecule has 1 heterocycles. The number of ketones is 1. The number of nitrogens with zero attached hydrogens (tertiary/aromatic N) is 2. The lowest BCUT2D eigenvalue weighted by Crippen LogP contribution is -2.38. The highest BCUT2D eigenvalue weighted by molar-refractivity contribution is 6.15. The third kappa shape index (κ3) is 7.08. The van der Waals surface area contributed by atoms with Crippen molar-refractivity contribution in [2.24, 2.45) is 5.73 Å². The molecule has 5 rings (SSSR count). The first-order valence-electron chi connectivity index (χ1n) is 14.0.